The molecule has 1 aromatic carbocycles. The van der Waals surface area contributed by atoms with Gasteiger partial charge in [0.25, 0.3) is 0 Å². The van der Waals surface area contributed by atoms with E-state index in [-0.39, 0.29) is 5.56 Å². The molecule has 0 saturated heterocycles. The van der Waals surface area contributed by atoms with E-state index in [2.05, 4.69) is 18.1 Å². The van der Waals surface area contributed by atoms with Crippen LogP contribution in [0.15, 0.2) is 30.4 Å². The first kappa shape index (κ1) is 18.6. The van der Waals surface area contributed by atoms with Crippen molar-refractivity contribution in [3.8, 4) is 5.69 Å². The lowest BCUT2D eigenvalue weighted by Crippen LogP contribution is -2.06. The van der Waals surface area contributed by atoms with Gasteiger partial charge in [0, 0.05) is 5.02 Å². The maximum atomic E-state index is 11.8. The first-order valence-corrected chi connectivity index (χ1v) is 8.69. The number of carboxylic acids is 1. The topological polar surface area (TPSA) is 55.1 Å². The summed E-state index contributed by atoms with van der Waals surface area (Å²) >= 11 is 12.3. The van der Waals surface area contributed by atoms with Gasteiger partial charge in [-0.15, -0.1) is 0 Å². The van der Waals surface area contributed by atoms with Crippen molar-refractivity contribution in [2.45, 2.75) is 39.5 Å². The van der Waals surface area contributed by atoms with E-state index in [1.165, 1.54) is 0 Å². The van der Waals surface area contributed by atoms with E-state index in [4.69, 9.17) is 23.2 Å². The Morgan fingerprint density at radius 2 is 2.04 bits per heavy atom. The zero-order chi connectivity index (χ0) is 17.7. The minimum atomic E-state index is -0.967. The van der Waals surface area contributed by atoms with Crippen LogP contribution in [0.2, 0.25) is 10.0 Å². The molecule has 128 valence electrons. The van der Waals surface area contributed by atoms with E-state index in [0.29, 0.717) is 40.0 Å². The minimum Gasteiger partial charge on any atom is -0.478 e. The van der Waals surface area contributed by atoms with Crippen molar-refractivity contribution in [2.24, 2.45) is 0 Å². The molecule has 0 aliphatic carbocycles. The molecular weight excluding hydrogens is 347 g/mol. The van der Waals surface area contributed by atoms with Crippen molar-refractivity contribution in [2.75, 3.05) is 0 Å². The number of allylic oxidation sites excluding steroid dienone is 2. The first-order valence-electron chi connectivity index (χ1n) is 7.94. The fraction of sp³-hybridized carbons (Fsp3) is 0.333. The maximum Gasteiger partial charge on any atom is 0.339 e. The van der Waals surface area contributed by atoms with Gasteiger partial charge in [-0.2, -0.15) is 5.10 Å². The lowest BCUT2D eigenvalue weighted by atomic mass is 10.1. The minimum absolute atomic E-state index is 0.262. The van der Waals surface area contributed by atoms with Gasteiger partial charge in [-0.3, -0.25) is 0 Å². The molecule has 6 heteroatoms. The molecule has 0 atom stereocenters. The number of rotatable bonds is 7. The van der Waals surface area contributed by atoms with Crippen LogP contribution in [-0.4, -0.2) is 20.9 Å². The van der Waals surface area contributed by atoms with Crippen LogP contribution in [0, 0.1) is 0 Å². The Morgan fingerprint density at radius 3 is 2.67 bits per heavy atom. The van der Waals surface area contributed by atoms with Crippen molar-refractivity contribution >= 4 is 29.2 Å². The Labute approximate surface area is 151 Å². The summed E-state index contributed by atoms with van der Waals surface area (Å²) in [5.74, 6) is -0.967. The molecule has 0 aliphatic heterocycles. The van der Waals surface area contributed by atoms with E-state index < -0.39 is 5.97 Å². The quantitative estimate of drug-likeness (QED) is 0.672. The molecule has 24 heavy (non-hydrogen) atoms. The number of carboxylic acid groups (broad SMARTS) is 1. The molecule has 0 spiro atoms. The van der Waals surface area contributed by atoms with Gasteiger partial charge in [0.15, 0.2) is 0 Å². The van der Waals surface area contributed by atoms with Crippen LogP contribution in [0.3, 0.4) is 0 Å². The molecule has 1 N–H and O–H groups in total. The molecule has 1 heterocycles. The van der Waals surface area contributed by atoms with Gasteiger partial charge >= 0.3 is 5.97 Å². The van der Waals surface area contributed by atoms with Crippen LogP contribution in [-0.2, 0) is 12.8 Å². The average Bonchev–Trinajstić information content (AvgIpc) is 2.92. The number of aryl methyl sites for hydroxylation is 1. The van der Waals surface area contributed by atoms with Crippen LogP contribution in [0.1, 0.15) is 48.4 Å². The molecule has 0 saturated carbocycles. The zero-order valence-corrected chi connectivity index (χ0v) is 15.2. The summed E-state index contributed by atoms with van der Waals surface area (Å²) in [5, 5.41) is 15.2. The number of aromatic nitrogens is 2. The Hall–Kier alpha value is -1.78. The van der Waals surface area contributed by atoms with E-state index in [9.17, 15) is 9.90 Å². The summed E-state index contributed by atoms with van der Waals surface area (Å²) in [7, 11) is 0. The van der Waals surface area contributed by atoms with Crippen molar-refractivity contribution in [1.29, 1.82) is 0 Å². The smallest absolute Gasteiger partial charge is 0.339 e. The SMILES string of the molecule is CCC=CCCc1nn(-c2cc(Cl)ccc2Cl)c(CC)c1C(=O)O. The normalized spacial score (nSPS) is 11.3. The monoisotopic (exact) mass is 366 g/mol. The first-order chi connectivity index (χ1) is 11.5. The molecule has 4 nitrogen and oxygen atoms in total. The Balaban J connectivity index is 2.54. The van der Waals surface area contributed by atoms with Gasteiger partial charge in [0.2, 0.25) is 0 Å². The molecule has 2 aromatic rings. The molecule has 0 amide bonds. The Bertz CT molecular complexity index is 767. The van der Waals surface area contributed by atoms with E-state index >= 15 is 0 Å². The van der Waals surface area contributed by atoms with E-state index in [1.54, 1.807) is 22.9 Å². The highest BCUT2D eigenvalue weighted by molar-refractivity contribution is 6.34. The molecule has 0 radical (unpaired) electrons. The predicted octanol–water partition coefficient (Wildman–Crippen LogP) is 5.34. The fourth-order valence-electron chi connectivity index (χ4n) is 2.60. The number of halogens is 2. The van der Waals surface area contributed by atoms with E-state index in [1.807, 2.05) is 13.0 Å². The van der Waals surface area contributed by atoms with Crippen molar-refractivity contribution in [1.82, 2.24) is 9.78 Å². The van der Waals surface area contributed by atoms with Gasteiger partial charge < -0.3 is 5.11 Å². The number of aromatic carboxylic acids is 1. The number of hydrogen-bond donors (Lipinski definition) is 1. The maximum absolute atomic E-state index is 11.8. The van der Waals surface area contributed by atoms with Crippen LogP contribution in [0.4, 0.5) is 0 Å². The fourth-order valence-corrected chi connectivity index (χ4v) is 2.97. The molecular formula is C18H20Cl2N2O2. The van der Waals surface area contributed by atoms with Crippen LogP contribution >= 0.6 is 23.2 Å². The highest BCUT2D eigenvalue weighted by Gasteiger charge is 2.23. The molecule has 1 aromatic heterocycles. The largest absolute Gasteiger partial charge is 0.478 e. The summed E-state index contributed by atoms with van der Waals surface area (Å²) in [6.07, 6.45) is 6.91. The molecule has 0 unspecified atom stereocenters. The Kier molecular flexibility index (Phi) is 6.46. The molecule has 0 aliphatic rings. The predicted molar refractivity (Wildman–Crippen MR) is 97.7 cm³/mol. The van der Waals surface area contributed by atoms with Crippen molar-refractivity contribution in [3.05, 3.63) is 57.3 Å². The van der Waals surface area contributed by atoms with Gasteiger partial charge in [-0.25, -0.2) is 9.48 Å². The lowest BCUT2D eigenvalue weighted by Gasteiger charge is -2.09. The van der Waals surface area contributed by atoms with Crippen molar-refractivity contribution in [3.63, 3.8) is 0 Å². The van der Waals surface area contributed by atoms with Gasteiger partial charge in [0.1, 0.15) is 5.56 Å². The molecule has 0 bridgehead atoms. The highest BCUT2D eigenvalue weighted by atomic mass is 35.5. The van der Waals surface area contributed by atoms with Gasteiger partial charge in [-0.05, 0) is 43.9 Å². The Morgan fingerprint density at radius 1 is 1.29 bits per heavy atom. The van der Waals surface area contributed by atoms with Crippen molar-refractivity contribution < 1.29 is 9.90 Å². The summed E-state index contributed by atoms with van der Waals surface area (Å²) in [4.78, 5) is 11.8. The average molecular weight is 367 g/mol. The zero-order valence-electron chi connectivity index (χ0n) is 13.7. The van der Waals surface area contributed by atoms with E-state index in [0.717, 1.165) is 12.8 Å². The van der Waals surface area contributed by atoms with Crippen LogP contribution in [0.5, 0.6) is 0 Å². The lowest BCUT2D eigenvalue weighted by molar-refractivity contribution is 0.0694. The van der Waals surface area contributed by atoms with Gasteiger partial charge in [0.05, 0.1) is 22.1 Å². The number of carbonyl (C=O) groups is 1. The number of hydrogen-bond acceptors (Lipinski definition) is 2. The van der Waals surface area contributed by atoms with Gasteiger partial charge in [-0.1, -0.05) is 49.2 Å². The second kappa shape index (κ2) is 8.36. The van der Waals surface area contributed by atoms with Crippen LogP contribution in [0.25, 0.3) is 5.69 Å². The summed E-state index contributed by atoms with van der Waals surface area (Å²) in [6, 6.07) is 5.07. The summed E-state index contributed by atoms with van der Waals surface area (Å²) < 4.78 is 1.61. The summed E-state index contributed by atoms with van der Waals surface area (Å²) in [6.45, 7) is 3.96. The highest BCUT2D eigenvalue weighted by Crippen LogP contribution is 2.28. The third-order valence-electron chi connectivity index (χ3n) is 3.69. The molecule has 0 fully saturated rings. The number of nitrogens with zero attached hydrogens (tertiary/aromatic N) is 2. The van der Waals surface area contributed by atoms with Crippen LogP contribution < -0.4 is 0 Å². The second-order valence-corrected chi connectivity index (χ2v) is 6.20. The second-order valence-electron chi connectivity index (χ2n) is 5.35. The number of benzene rings is 1. The third-order valence-corrected chi connectivity index (χ3v) is 4.24. The summed E-state index contributed by atoms with van der Waals surface area (Å²) in [5.41, 5.74) is 2.05. The third kappa shape index (κ3) is 4.00. The molecule has 2 rings (SSSR count). The standard InChI is InChI=1S/C18H20Cl2N2O2/c1-3-5-6-7-8-14-17(18(23)24)15(4-2)22(21-14)16-11-12(19)9-10-13(16)20/h5-6,9-11H,3-4,7-8H2,1-2H3,(H,23,24).